The van der Waals surface area contributed by atoms with Crippen LogP contribution in [0.2, 0.25) is 0 Å². The van der Waals surface area contributed by atoms with Crippen LogP contribution in [-0.2, 0) is 20.2 Å². The summed E-state index contributed by atoms with van der Waals surface area (Å²) in [5, 5.41) is 9.17. The van der Waals surface area contributed by atoms with E-state index in [4.69, 9.17) is 5.11 Å². The van der Waals surface area contributed by atoms with E-state index in [1.54, 1.807) is 19.1 Å². The van der Waals surface area contributed by atoms with Crippen LogP contribution in [0.15, 0.2) is 29.2 Å². The van der Waals surface area contributed by atoms with Gasteiger partial charge in [0.2, 0.25) is 10.0 Å². The lowest BCUT2D eigenvalue weighted by Gasteiger charge is -2.24. The number of sulfonamides is 1. The Kier molecular flexibility index (Phi) is 4.85. The number of rotatable bonds is 5. The first-order valence-corrected chi connectivity index (χ1v) is 8.28. The monoisotopic (exact) mass is 313 g/mol. The highest BCUT2D eigenvalue weighted by molar-refractivity contribution is 7.89. The molecular formula is C15H23NO4S. The van der Waals surface area contributed by atoms with E-state index in [1.165, 1.54) is 19.1 Å². The SMILES string of the molecule is CCC(C)(NS(=O)(=O)c1ccc(C(C)(C)C)cc1)C(=O)O. The van der Waals surface area contributed by atoms with Crippen LogP contribution in [-0.4, -0.2) is 25.0 Å². The molecule has 118 valence electrons. The molecule has 0 aliphatic rings. The van der Waals surface area contributed by atoms with Gasteiger partial charge >= 0.3 is 5.97 Å². The first-order valence-electron chi connectivity index (χ1n) is 6.80. The number of hydrogen-bond acceptors (Lipinski definition) is 3. The highest BCUT2D eigenvalue weighted by atomic mass is 32.2. The average molecular weight is 313 g/mol. The van der Waals surface area contributed by atoms with Gasteiger partial charge in [-0.05, 0) is 36.5 Å². The van der Waals surface area contributed by atoms with Crippen LogP contribution in [0.5, 0.6) is 0 Å². The third kappa shape index (κ3) is 4.04. The fraction of sp³-hybridized carbons (Fsp3) is 0.533. The number of benzene rings is 1. The quantitative estimate of drug-likeness (QED) is 0.875. The van der Waals surface area contributed by atoms with Crippen LogP contribution in [0.25, 0.3) is 0 Å². The molecule has 0 heterocycles. The molecule has 0 spiro atoms. The molecule has 0 aliphatic carbocycles. The van der Waals surface area contributed by atoms with Crippen LogP contribution < -0.4 is 4.72 Å². The van der Waals surface area contributed by atoms with Crippen molar-refractivity contribution in [1.29, 1.82) is 0 Å². The Labute approximate surface area is 126 Å². The Hall–Kier alpha value is -1.40. The van der Waals surface area contributed by atoms with Crippen molar-refractivity contribution in [2.75, 3.05) is 0 Å². The van der Waals surface area contributed by atoms with Crippen molar-refractivity contribution in [3.8, 4) is 0 Å². The van der Waals surface area contributed by atoms with Gasteiger partial charge in [-0.25, -0.2) is 8.42 Å². The summed E-state index contributed by atoms with van der Waals surface area (Å²) in [5.41, 5.74) is -0.575. The minimum atomic E-state index is -3.87. The molecule has 0 saturated carbocycles. The summed E-state index contributed by atoms with van der Waals surface area (Å²) in [5.74, 6) is -1.19. The van der Waals surface area contributed by atoms with E-state index >= 15 is 0 Å². The number of aliphatic carboxylic acids is 1. The van der Waals surface area contributed by atoms with E-state index < -0.39 is 21.5 Å². The fourth-order valence-electron chi connectivity index (χ4n) is 1.76. The molecular weight excluding hydrogens is 290 g/mol. The topological polar surface area (TPSA) is 83.5 Å². The van der Waals surface area contributed by atoms with Gasteiger partial charge in [-0.15, -0.1) is 0 Å². The zero-order valence-electron chi connectivity index (χ0n) is 13.1. The highest BCUT2D eigenvalue weighted by Gasteiger charge is 2.36. The second-order valence-corrected chi connectivity index (χ2v) is 8.05. The molecule has 2 N–H and O–H groups in total. The Morgan fingerprint density at radius 1 is 1.14 bits per heavy atom. The molecule has 0 fully saturated rings. The minimum Gasteiger partial charge on any atom is -0.480 e. The Morgan fingerprint density at radius 2 is 1.62 bits per heavy atom. The van der Waals surface area contributed by atoms with E-state index in [0.29, 0.717) is 0 Å². The van der Waals surface area contributed by atoms with E-state index in [9.17, 15) is 13.2 Å². The Balaban J connectivity index is 3.12. The lowest BCUT2D eigenvalue weighted by molar-refractivity contribution is -0.143. The molecule has 1 rings (SSSR count). The smallest absolute Gasteiger partial charge is 0.324 e. The van der Waals surface area contributed by atoms with Gasteiger partial charge in [-0.1, -0.05) is 39.8 Å². The molecule has 1 aromatic carbocycles. The van der Waals surface area contributed by atoms with Gasteiger partial charge < -0.3 is 5.11 Å². The maximum absolute atomic E-state index is 12.3. The molecule has 0 saturated heterocycles. The Bertz CT molecular complexity index is 614. The van der Waals surface area contributed by atoms with Crippen molar-refractivity contribution < 1.29 is 18.3 Å². The molecule has 5 nitrogen and oxygen atoms in total. The molecule has 0 aliphatic heterocycles. The Morgan fingerprint density at radius 3 is 1.95 bits per heavy atom. The van der Waals surface area contributed by atoms with Gasteiger partial charge in [-0.3, -0.25) is 4.79 Å². The molecule has 21 heavy (non-hydrogen) atoms. The third-order valence-corrected chi connectivity index (χ3v) is 5.18. The summed E-state index contributed by atoms with van der Waals surface area (Å²) >= 11 is 0. The predicted octanol–water partition coefficient (Wildman–Crippen LogP) is 2.52. The first kappa shape index (κ1) is 17.7. The van der Waals surface area contributed by atoms with Crippen molar-refractivity contribution in [2.45, 2.75) is 56.9 Å². The van der Waals surface area contributed by atoms with Gasteiger partial charge in [0.05, 0.1) is 4.90 Å². The number of carbonyl (C=O) groups is 1. The van der Waals surface area contributed by atoms with Crippen LogP contribution >= 0.6 is 0 Å². The predicted molar refractivity (Wildman–Crippen MR) is 81.8 cm³/mol. The first-order chi connectivity index (χ1) is 9.42. The van der Waals surface area contributed by atoms with E-state index in [2.05, 4.69) is 4.72 Å². The number of nitrogens with one attached hydrogen (secondary N) is 1. The molecule has 0 aromatic heterocycles. The molecule has 6 heteroatoms. The summed E-state index contributed by atoms with van der Waals surface area (Å²) in [6.45, 7) is 9.09. The van der Waals surface area contributed by atoms with Crippen LogP contribution in [0.4, 0.5) is 0 Å². The molecule has 1 unspecified atom stereocenters. The summed E-state index contributed by atoms with van der Waals surface area (Å²) in [6, 6.07) is 6.50. The van der Waals surface area contributed by atoms with Crippen molar-refractivity contribution in [3.05, 3.63) is 29.8 Å². The number of carboxylic acids is 1. The van der Waals surface area contributed by atoms with Crippen molar-refractivity contribution in [1.82, 2.24) is 4.72 Å². The zero-order chi connectivity index (χ0) is 16.5. The molecule has 0 radical (unpaired) electrons. The van der Waals surface area contributed by atoms with E-state index in [-0.39, 0.29) is 16.7 Å². The van der Waals surface area contributed by atoms with Gasteiger partial charge in [0.15, 0.2) is 0 Å². The summed E-state index contributed by atoms with van der Waals surface area (Å²) in [6.07, 6.45) is 0.154. The number of carboxylic acid groups (broad SMARTS) is 1. The van der Waals surface area contributed by atoms with Gasteiger partial charge in [-0.2, -0.15) is 4.72 Å². The highest BCUT2D eigenvalue weighted by Crippen LogP contribution is 2.24. The van der Waals surface area contributed by atoms with Crippen molar-refractivity contribution >= 4 is 16.0 Å². The average Bonchev–Trinajstić information content (AvgIpc) is 2.37. The molecule has 1 atom stereocenters. The molecule has 0 bridgehead atoms. The maximum Gasteiger partial charge on any atom is 0.324 e. The van der Waals surface area contributed by atoms with Crippen molar-refractivity contribution in [3.63, 3.8) is 0 Å². The van der Waals surface area contributed by atoms with Gasteiger partial charge in [0.25, 0.3) is 0 Å². The maximum atomic E-state index is 12.3. The van der Waals surface area contributed by atoms with Gasteiger partial charge in [0, 0.05) is 0 Å². The van der Waals surface area contributed by atoms with Crippen LogP contribution in [0.3, 0.4) is 0 Å². The summed E-state index contributed by atoms with van der Waals surface area (Å²) < 4.78 is 26.9. The molecule has 0 amide bonds. The largest absolute Gasteiger partial charge is 0.480 e. The lowest BCUT2D eigenvalue weighted by atomic mass is 9.87. The number of hydrogen-bond donors (Lipinski definition) is 2. The van der Waals surface area contributed by atoms with Crippen LogP contribution in [0, 0.1) is 0 Å². The van der Waals surface area contributed by atoms with Crippen molar-refractivity contribution in [2.24, 2.45) is 0 Å². The van der Waals surface area contributed by atoms with E-state index in [0.717, 1.165) is 5.56 Å². The standard InChI is InChI=1S/C15H23NO4S/c1-6-15(5,13(17)18)16-21(19,20)12-9-7-11(8-10-12)14(2,3)4/h7-10,16H,6H2,1-5H3,(H,17,18). The van der Waals surface area contributed by atoms with Gasteiger partial charge in [0.1, 0.15) is 5.54 Å². The lowest BCUT2D eigenvalue weighted by Crippen LogP contribution is -2.51. The summed E-state index contributed by atoms with van der Waals surface area (Å²) in [4.78, 5) is 11.3. The third-order valence-electron chi connectivity index (χ3n) is 3.57. The summed E-state index contributed by atoms with van der Waals surface area (Å²) in [7, 11) is -3.87. The zero-order valence-corrected chi connectivity index (χ0v) is 13.9. The van der Waals surface area contributed by atoms with Crippen LogP contribution in [0.1, 0.15) is 46.6 Å². The van der Waals surface area contributed by atoms with E-state index in [1.807, 2.05) is 20.8 Å². The second-order valence-electron chi connectivity index (χ2n) is 6.37. The minimum absolute atomic E-state index is 0.0661. The molecule has 1 aromatic rings. The second kappa shape index (κ2) is 5.77. The fourth-order valence-corrected chi connectivity index (χ4v) is 3.19. The normalized spacial score (nSPS) is 15.5.